The van der Waals surface area contributed by atoms with Gasteiger partial charge in [0.1, 0.15) is 5.69 Å². The fourth-order valence-corrected chi connectivity index (χ4v) is 3.14. The van der Waals surface area contributed by atoms with Crippen LogP contribution in [0.2, 0.25) is 0 Å². The number of likely N-dealkylation sites (tertiary alicyclic amines) is 2. The minimum atomic E-state index is 0.0216. The summed E-state index contributed by atoms with van der Waals surface area (Å²) >= 11 is 0. The zero-order chi connectivity index (χ0) is 14.8. The maximum atomic E-state index is 12.5. The maximum absolute atomic E-state index is 12.5. The molecule has 3 heterocycles. The Bertz CT molecular complexity index is 514. The molecule has 1 amide bonds. The van der Waals surface area contributed by atoms with Crippen LogP contribution in [-0.4, -0.2) is 60.1 Å². The zero-order valence-corrected chi connectivity index (χ0v) is 12.8. The van der Waals surface area contributed by atoms with Gasteiger partial charge < -0.3 is 9.64 Å². The molecule has 2 saturated heterocycles. The molecule has 1 atom stereocenters. The first-order chi connectivity index (χ1) is 10.2. The predicted octanol–water partition coefficient (Wildman–Crippen LogP) is 1.39. The first-order valence-corrected chi connectivity index (χ1v) is 7.66. The Morgan fingerprint density at radius 2 is 2.19 bits per heavy atom. The van der Waals surface area contributed by atoms with Crippen molar-refractivity contribution in [3.05, 3.63) is 29.6 Å². The summed E-state index contributed by atoms with van der Waals surface area (Å²) < 4.78 is 5.31. The molecule has 0 aliphatic carbocycles. The minimum Gasteiger partial charge on any atom is -0.380 e. The molecule has 5 nitrogen and oxygen atoms in total. The van der Waals surface area contributed by atoms with E-state index in [1.807, 2.05) is 23.1 Å². The second-order valence-corrected chi connectivity index (χ2v) is 6.21. The lowest BCUT2D eigenvalue weighted by molar-refractivity contribution is 0.0717. The molecule has 0 radical (unpaired) electrons. The number of hydrogen-bond acceptors (Lipinski definition) is 4. The van der Waals surface area contributed by atoms with E-state index in [9.17, 15) is 4.79 Å². The molecule has 0 bridgehead atoms. The summed E-state index contributed by atoms with van der Waals surface area (Å²) in [5.74, 6) is 0.804. The van der Waals surface area contributed by atoms with Gasteiger partial charge in [-0.15, -0.1) is 0 Å². The largest absolute Gasteiger partial charge is 0.380 e. The fourth-order valence-electron chi connectivity index (χ4n) is 3.14. The van der Waals surface area contributed by atoms with Crippen molar-refractivity contribution in [3.63, 3.8) is 0 Å². The van der Waals surface area contributed by atoms with Gasteiger partial charge in [-0.2, -0.15) is 0 Å². The van der Waals surface area contributed by atoms with Gasteiger partial charge in [0, 0.05) is 39.8 Å². The highest BCUT2D eigenvalue weighted by atomic mass is 16.5. The standard InChI is InChI=1S/C16H23N3O2/c1-12-8-18(9-12)10-13-4-3-5-15(17-13)16(20)19-7-6-14(11-19)21-2/h3-5,12,14H,6-11H2,1-2H3. The number of ether oxygens (including phenoxy) is 1. The summed E-state index contributed by atoms with van der Waals surface area (Å²) in [6.07, 6.45) is 1.08. The molecule has 2 fully saturated rings. The van der Waals surface area contributed by atoms with E-state index in [1.54, 1.807) is 7.11 Å². The van der Waals surface area contributed by atoms with Gasteiger partial charge in [0.05, 0.1) is 11.8 Å². The number of nitrogens with zero attached hydrogens (tertiary/aromatic N) is 3. The van der Waals surface area contributed by atoms with Crippen LogP contribution in [0.3, 0.4) is 0 Å². The van der Waals surface area contributed by atoms with E-state index in [0.29, 0.717) is 12.2 Å². The molecule has 21 heavy (non-hydrogen) atoms. The average Bonchev–Trinajstić information content (AvgIpc) is 2.94. The monoisotopic (exact) mass is 289 g/mol. The van der Waals surface area contributed by atoms with Crippen LogP contribution in [0.15, 0.2) is 18.2 Å². The summed E-state index contributed by atoms with van der Waals surface area (Å²) in [4.78, 5) is 21.2. The number of aromatic nitrogens is 1. The highest BCUT2D eigenvalue weighted by Crippen LogP contribution is 2.18. The molecular formula is C16H23N3O2. The van der Waals surface area contributed by atoms with Crippen LogP contribution in [0, 0.1) is 5.92 Å². The number of rotatable bonds is 4. The van der Waals surface area contributed by atoms with E-state index in [1.165, 1.54) is 0 Å². The number of carbonyl (C=O) groups is 1. The zero-order valence-electron chi connectivity index (χ0n) is 12.8. The van der Waals surface area contributed by atoms with Crippen LogP contribution in [0.5, 0.6) is 0 Å². The van der Waals surface area contributed by atoms with E-state index < -0.39 is 0 Å². The van der Waals surface area contributed by atoms with Crippen molar-refractivity contribution in [3.8, 4) is 0 Å². The lowest BCUT2D eigenvalue weighted by Crippen LogP contribution is -2.44. The first kappa shape index (κ1) is 14.5. The van der Waals surface area contributed by atoms with Crippen molar-refractivity contribution in [1.29, 1.82) is 0 Å². The van der Waals surface area contributed by atoms with Crippen LogP contribution in [0.1, 0.15) is 29.5 Å². The van der Waals surface area contributed by atoms with Crippen LogP contribution < -0.4 is 0 Å². The van der Waals surface area contributed by atoms with Crippen LogP contribution >= 0.6 is 0 Å². The van der Waals surface area contributed by atoms with Crippen LogP contribution in [0.4, 0.5) is 0 Å². The van der Waals surface area contributed by atoms with Gasteiger partial charge in [-0.1, -0.05) is 13.0 Å². The third kappa shape index (κ3) is 3.24. The molecule has 3 rings (SSSR count). The Labute approximate surface area is 125 Å². The Morgan fingerprint density at radius 3 is 2.86 bits per heavy atom. The smallest absolute Gasteiger partial charge is 0.272 e. The summed E-state index contributed by atoms with van der Waals surface area (Å²) in [6.45, 7) is 6.77. The van der Waals surface area contributed by atoms with Gasteiger partial charge in [0.15, 0.2) is 0 Å². The number of hydrogen-bond donors (Lipinski definition) is 0. The normalized spacial score (nSPS) is 23.3. The summed E-state index contributed by atoms with van der Waals surface area (Å²) in [5.41, 5.74) is 1.54. The highest BCUT2D eigenvalue weighted by Gasteiger charge is 2.28. The number of pyridine rings is 1. The number of carbonyl (C=O) groups excluding carboxylic acids is 1. The molecular weight excluding hydrogens is 266 g/mol. The van der Waals surface area contributed by atoms with Gasteiger partial charge in [0.25, 0.3) is 5.91 Å². The first-order valence-electron chi connectivity index (χ1n) is 7.66. The SMILES string of the molecule is COC1CCN(C(=O)c2cccc(CN3CC(C)C3)n2)C1. The van der Waals surface area contributed by atoms with Gasteiger partial charge in [0.2, 0.25) is 0 Å². The fraction of sp³-hybridized carbons (Fsp3) is 0.625. The Hall–Kier alpha value is -1.46. The molecule has 0 saturated carbocycles. The summed E-state index contributed by atoms with van der Waals surface area (Å²) in [7, 11) is 1.70. The Morgan fingerprint density at radius 1 is 1.38 bits per heavy atom. The Kier molecular flexibility index (Phi) is 4.22. The number of methoxy groups -OCH3 is 1. The van der Waals surface area contributed by atoms with Crippen LogP contribution in [0.25, 0.3) is 0 Å². The molecule has 1 unspecified atom stereocenters. The molecule has 2 aliphatic heterocycles. The third-order valence-corrected chi connectivity index (χ3v) is 4.32. The molecule has 0 spiro atoms. The molecule has 1 aromatic heterocycles. The molecule has 1 aromatic rings. The summed E-state index contributed by atoms with van der Waals surface area (Å²) in [5, 5.41) is 0. The molecule has 5 heteroatoms. The molecule has 2 aliphatic rings. The van der Waals surface area contributed by atoms with Gasteiger partial charge in [-0.3, -0.25) is 9.69 Å². The lowest BCUT2D eigenvalue weighted by Gasteiger charge is -2.36. The maximum Gasteiger partial charge on any atom is 0.272 e. The van der Waals surface area contributed by atoms with Crippen LogP contribution in [-0.2, 0) is 11.3 Å². The van der Waals surface area contributed by atoms with Crippen molar-refractivity contribution in [1.82, 2.24) is 14.8 Å². The van der Waals surface area contributed by atoms with Crippen molar-refractivity contribution >= 4 is 5.91 Å². The lowest BCUT2D eigenvalue weighted by atomic mass is 10.0. The topological polar surface area (TPSA) is 45.7 Å². The average molecular weight is 289 g/mol. The van der Waals surface area contributed by atoms with E-state index >= 15 is 0 Å². The quantitative estimate of drug-likeness (QED) is 0.840. The third-order valence-electron chi connectivity index (χ3n) is 4.32. The van der Waals surface area contributed by atoms with Gasteiger partial charge >= 0.3 is 0 Å². The van der Waals surface area contributed by atoms with Crippen molar-refractivity contribution in [2.45, 2.75) is 26.0 Å². The van der Waals surface area contributed by atoms with E-state index in [-0.39, 0.29) is 12.0 Å². The van der Waals surface area contributed by atoms with Gasteiger partial charge in [-0.05, 0) is 24.5 Å². The second kappa shape index (κ2) is 6.12. The van der Waals surface area contributed by atoms with Crippen molar-refractivity contribution in [2.24, 2.45) is 5.92 Å². The Balaban J connectivity index is 1.63. The molecule has 0 N–H and O–H groups in total. The van der Waals surface area contributed by atoms with Gasteiger partial charge in [-0.25, -0.2) is 4.98 Å². The highest BCUT2D eigenvalue weighted by molar-refractivity contribution is 5.92. The molecule has 0 aromatic carbocycles. The molecule has 114 valence electrons. The van der Waals surface area contributed by atoms with E-state index in [0.717, 1.165) is 44.2 Å². The minimum absolute atomic E-state index is 0.0216. The predicted molar refractivity (Wildman–Crippen MR) is 80.0 cm³/mol. The van der Waals surface area contributed by atoms with Crippen molar-refractivity contribution in [2.75, 3.05) is 33.3 Å². The summed E-state index contributed by atoms with van der Waals surface area (Å²) in [6, 6.07) is 5.75. The van der Waals surface area contributed by atoms with Crippen molar-refractivity contribution < 1.29 is 9.53 Å². The van der Waals surface area contributed by atoms with E-state index in [4.69, 9.17) is 4.74 Å². The second-order valence-electron chi connectivity index (χ2n) is 6.21. The number of amides is 1. The van der Waals surface area contributed by atoms with E-state index in [2.05, 4.69) is 16.8 Å².